The van der Waals surface area contributed by atoms with Gasteiger partial charge in [-0.3, -0.25) is 4.79 Å². The van der Waals surface area contributed by atoms with Gasteiger partial charge >= 0.3 is 12.1 Å². The van der Waals surface area contributed by atoms with E-state index in [-0.39, 0.29) is 36.3 Å². The highest BCUT2D eigenvalue weighted by atomic mass is 16.5. The van der Waals surface area contributed by atoms with Gasteiger partial charge in [-0.1, -0.05) is 80.9 Å². The van der Waals surface area contributed by atoms with Crippen LogP contribution in [0.25, 0.3) is 0 Å². The van der Waals surface area contributed by atoms with Crippen LogP contribution in [-0.4, -0.2) is 51.3 Å². The third-order valence-corrected chi connectivity index (χ3v) is 7.40. The van der Waals surface area contributed by atoms with Crippen LogP contribution in [0.1, 0.15) is 67.7 Å². The van der Waals surface area contributed by atoms with Gasteiger partial charge in [0.15, 0.2) is 0 Å². The average molecular weight is 593 g/mol. The van der Waals surface area contributed by atoms with Crippen LogP contribution in [0, 0.1) is 23.7 Å². The van der Waals surface area contributed by atoms with Crippen LogP contribution in [-0.2, 0) is 19.1 Å². The van der Waals surface area contributed by atoms with Gasteiger partial charge in [0.1, 0.15) is 24.8 Å². The van der Waals surface area contributed by atoms with Gasteiger partial charge in [-0.25, -0.2) is 19.1 Å². The molecule has 1 aromatic rings. The molecule has 0 saturated carbocycles. The van der Waals surface area contributed by atoms with Crippen molar-refractivity contribution >= 4 is 17.8 Å². The fraction of sp³-hybridized carbons (Fsp3) is 0.486. The molecule has 0 unspecified atom stereocenters. The number of ether oxygens (including phenoxy) is 2. The number of Topliss-reactive ketones (excluding diaryl/α,β-unsaturated/α-hetero) is 1. The Labute approximate surface area is 256 Å². The highest BCUT2D eigenvalue weighted by Crippen LogP contribution is 2.24. The number of hydrogen-bond acceptors (Lipinski definition) is 7. The maximum Gasteiger partial charge on any atom is 0.419 e. The summed E-state index contributed by atoms with van der Waals surface area (Å²) in [6, 6.07) is 0. The number of rotatable bonds is 15. The Morgan fingerprint density at radius 2 is 1.86 bits per heavy atom. The molecule has 1 aliphatic rings. The van der Waals surface area contributed by atoms with Gasteiger partial charge in [0.2, 0.25) is 0 Å². The molecule has 2 rings (SSSR count). The lowest BCUT2D eigenvalue weighted by Gasteiger charge is -2.26. The fourth-order valence-electron chi connectivity index (χ4n) is 4.97. The molecule has 1 aromatic heterocycles. The number of carbonyl (C=O) groups excluding carboxylic acids is 3. The summed E-state index contributed by atoms with van der Waals surface area (Å²) in [4.78, 5) is 40.2. The van der Waals surface area contributed by atoms with Crippen molar-refractivity contribution in [2.24, 2.45) is 23.7 Å². The van der Waals surface area contributed by atoms with E-state index in [4.69, 9.17) is 9.47 Å². The van der Waals surface area contributed by atoms with Crippen molar-refractivity contribution < 1.29 is 29.0 Å². The number of imidazole rings is 1. The summed E-state index contributed by atoms with van der Waals surface area (Å²) < 4.78 is 11.7. The van der Waals surface area contributed by atoms with Crippen molar-refractivity contribution in [3.05, 3.63) is 90.1 Å². The van der Waals surface area contributed by atoms with E-state index >= 15 is 0 Å². The van der Waals surface area contributed by atoms with Gasteiger partial charge in [0.25, 0.3) is 0 Å². The molecule has 6 atom stereocenters. The Morgan fingerprint density at radius 3 is 2.53 bits per heavy atom. The quantitative estimate of drug-likeness (QED) is 0.133. The number of cyclic esters (lactones) is 1. The van der Waals surface area contributed by atoms with Crippen molar-refractivity contribution in [2.75, 3.05) is 6.61 Å². The minimum Gasteiger partial charge on any atom is -0.455 e. The third kappa shape index (κ3) is 13.0. The van der Waals surface area contributed by atoms with Crippen LogP contribution in [0.2, 0.25) is 0 Å². The first-order valence-corrected chi connectivity index (χ1v) is 15.0. The predicted molar refractivity (Wildman–Crippen MR) is 169 cm³/mol. The second-order valence-corrected chi connectivity index (χ2v) is 11.7. The van der Waals surface area contributed by atoms with Crippen LogP contribution in [0.15, 0.2) is 90.1 Å². The summed E-state index contributed by atoms with van der Waals surface area (Å²) in [7, 11) is 0. The molecule has 0 aliphatic carbocycles. The Balaban J connectivity index is 1.80. The van der Waals surface area contributed by atoms with Gasteiger partial charge < -0.3 is 14.6 Å². The summed E-state index contributed by atoms with van der Waals surface area (Å²) in [5.41, 5.74) is 3.08. The van der Waals surface area contributed by atoms with E-state index in [0.29, 0.717) is 18.8 Å². The Morgan fingerprint density at radius 1 is 1.14 bits per heavy atom. The third-order valence-electron chi connectivity index (χ3n) is 7.40. The zero-order chi connectivity index (χ0) is 31.9. The smallest absolute Gasteiger partial charge is 0.419 e. The molecule has 8 nitrogen and oxygen atoms in total. The number of hydrogen-bond donors (Lipinski definition) is 1. The first-order chi connectivity index (χ1) is 20.4. The molecule has 0 fully saturated rings. The van der Waals surface area contributed by atoms with Gasteiger partial charge in [-0.05, 0) is 57.6 Å². The maximum absolute atomic E-state index is 13.1. The second kappa shape index (κ2) is 18.0. The lowest BCUT2D eigenvalue weighted by atomic mass is 9.83. The van der Waals surface area contributed by atoms with Crippen molar-refractivity contribution in [3.63, 3.8) is 0 Å². The zero-order valence-electron chi connectivity index (χ0n) is 26.6. The highest BCUT2D eigenvalue weighted by Gasteiger charge is 2.29. The van der Waals surface area contributed by atoms with E-state index < -0.39 is 18.1 Å². The molecule has 2 heterocycles. The van der Waals surface area contributed by atoms with Crippen molar-refractivity contribution in [3.8, 4) is 0 Å². The summed E-state index contributed by atoms with van der Waals surface area (Å²) in [6.45, 7) is 13.8. The molecule has 0 bridgehead atoms. The fourth-order valence-corrected chi connectivity index (χ4v) is 4.97. The van der Waals surface area contributed by atoms with E-state index in [2.05, 4.69) is 24.1 Å². The summed E-state index contributed by atoms with van der Waals surface area (Å²) in [5, 5.41) is 10.9. The second-order valence-electron chi connectivity index (χ2n) is 11.7. The average Bonchev–Trinajstić information content (AvgIpc) is 3.50. The van der Waals surface area contributed by atoms with E-state index in [1.54, 1.807) is 6.92 Å². The van der Waals surface area contributed by atoms with Crippen LogP contribution in [0.3, 0.4) is 0 Å². The minimum absolute atomic E-state index is 0.000782. The van der Waals surface area contributed by atoms with Gasteiger partial charge in [0.05, 0.1) is 6.10 Å². The monoisotopic (exact) mass is 592 g/mol. The topological polar surface area (TPSA) is 108 Å². The van der Waals surface area contributed by atoms with Crippen molar-refractivity contribution in [1.82, 2.24) is 9.55 Å². The number of aliphatic hydroxyl groups excluding tert-OH is 1. The molecular weight excluding hydrogens is 544 g/mol. The molecule has 1 aliphatic heterocycles. The molecule has 0 spiro atoms. The van der Waals surface area contributed by atoms with Crippen molar-refractivity contribution in [1.29, 1.82) is 0 Å². The SMILES string of the molecule is CC(=C/[C@H](C)C/C=C/C(C)=C/[C@@H](C)C(=O)[C@@H](C)[C@H](O)[C@@H](C)C/C(C)=C/COC(=O)n1ccnc1)/C=C/[C@H]1CC=CC(=O)O1. The number of carbonyl (C=O) groups is 3. The lowest BCUT2D eigenvalue weighted by molar-refractivity contribution is -0.141. The lowest BCUT2D eigenvalue weighted by Crippen LogP contribution is -2.34. The Hall–Kier alpha value is -3.78. The predicted octanol–water partition coefficient (Wildman–Crippen LogP) is 6.95. The number of allylic oxidation sites excluding steroid dienone is 8. The minimum atomic E-state index is -0.789. The highest BCUT2D eigenvalue weighted by molar-refractivity contribution is 5.85. The summed E-state index contributed by atoms with van der Waals surface area (Å²) in [5.74, 6) is -0.961. The number of esters is 1. The maximum atomic E-state index is 13.1. The molecule has 0 aromatic carbocycles. The van der Waals surface area contributed by atoms with Crippen LogP contribution in [0.5, 0.6) is 0 Å². The zero-order valence-corrected chi connectivity index (χ0v) is 26.6. The first kappa shape index (κ1) is 35.4. The number of aromatic nitrogens is 2. The summed E-state index contributed by atoms with van der Waals surface area (Å²) in [6.07, 6.45) is 22.3. The molecule has 8 heteroatoms. The number of aliphatic hydroxyl groups is 1. The molecule has 0 radical (unpaired) electrons. The normalized spacial score (nSPS) is 20.1. The first-order valence-electron chi connectivity index (χ1n) is 15.0. The largest absolute Gasteiger partial charge is 0.455 e. The molecule has 234 valence electrons. The van der Waals surface area contributed by atoms with Gasteiger partial charge in [-0.15, -0.1) is 0 Å². The number of ketones is 1. The van der Waals surface area contributed by atoms with Crippen molar-refractivity contribution in [2.45, 2.75) is 79.9 Å². The van der Waals surface area contributed by atoms with Crippen LogP contribution >= 0.6 is 0 Å². The van der Waals surface area contributed by atoms with Gasteiger partial charge in [0, 0.05) is 36.7 Å². The molecular formula is C35H48N2O6. The van der Waals surface area contributed by atoms with Gasteiger partial charge in [-0.2, -0.15) is 0 Å². The Bertz CT molecular complexity index is 1250. The van der Waals surface area contributed by atoms with Crippen LogP contribution < -0.4 is 0 Å². The van der Waals surface area contributed by atoms with E-state index in [1.807, 2.05) is 71.1 Å². The molecule has 0 amide bonds. The van der Waals surface area contributed by atoms with E-state index in [9.17, 15) is 19.5 Å². The number of nitrogens with zero attached hydrogens (tertiary/aromatic N) is 2. The van der Waals surface area contributed by atoms with E-state index in [1.165, 1.54) is 29.4 Å². The Kier molecular flexibility index (Phi) is 14.8. The molecule has 43 heavy (non-hydrogen) atoms. The standard InChI is InChI=1S/C35H48N2O6/c1-24(20-26(3)14-15-31-12-9-13-32(38)43-31)10-8-11-25(2)21-28(5)33(39)30(7)34(40)29(6)22-27(4)16-19-42-35(41)37-18-17-36-23-37/h8-9,11,13-18,20-21,23-24,28-31,34,40H,10,12,19,22H2,1-7H3/b11-8+,15-14+,25-21+,26-20-,27-16+/t24-,28-,29+,30-,31-,34-/m1/s1. The molecule has 0 saturated heterocycles. The molecule has 1 N–H and O–H groups in total. The summed E-state index contributed by atoms with van der Waals surface area (Å²) >= 11 is 0. The van der Waals surface area contributed by atoms with E-state index in [0.717, 1.165) is 23.1 Å². The van der Waals surface area contributed by atoms with Crippen LogP contribution in [0.4, 0.5) is 4.79 Å².